The minimum absolute atomic E-state index is 0.139. The van der Waals surface area contributed by atoms with E-state index >= 15 is 0 Å². The predicted octanol–water partition coefficient (Wildman–Crippen LogP) is 1.53. The summed E-state index contributed by atoms with van der Waals surface area (Å²) >= 11 is 0. The van der Waals surface area contributed by atoms with Crippen LogP contribution in [0.15, 0.2) is 11.1 Å². The van der Waals surface area contributed by atoms with Gasteiger partial charge in [0.2, 0.25) is 0 Å². The summed E-state index contributed by atoms with van der Waals surface area (Å²) in [6.07, 6.45) is 1.08. The molecule has 0 aromatic carbocycles. The smallest absolute Gasteiger partial charge is 0.268 e. The fraction of sp³-hybridized carbons (Fsp3) is 0.818. The zero-order valence-corrected chi connectivity index (χ0v) is 11.4. The van der Waals surface area contributed by atoms with Gasteiger partial charge in [0, 0.05) is 6.54 Å². The van der Waals surface area contributed by atoms with Crippen LogP contribution in [0, 0.1) is 5.92 Å². The van der Waals surface area contributed by atoms with E-state index in [4.69, 9.17) is 4.84 Å². The second-order valence-electron chi connectivity index (χ2n) is 4.56. The van der Waals surface area contributed by atoms with Gasteiger partial charge in [0.25, 0.3) is 10.1 Å². The Morgan fingerprint density at radius 2 is 1.94 bits per heavy atom. The van der Waals surface area contributed by atoms with Gasteiger partial charge in [-0.25, -0.2) is 5.48 Å². The molecule has 0 fully saturated rings. The van der Waals surface area contributed by atoms with E-state index in [-0.39, 0.29) is 5.92 Å². The largest absolute Gasteiger partial charge is 0.302 e. The van der Waals surface area contributed by atoms with Gasteiger partial charge in [0.05, 0.1) is 11.9 Å². The molecule has 0 aromatic heterocycles. The molecule has 5 nitrogen and oxygen atoms in total. The van der Waals surface area contributed by atoms with Gasteiger partial charge in [-0.05, 0) is 39.5 Å². The van der Waals surface area contributed by atoms with Crippen LogP contribution >= 0.6 is 0 Å². The van der Waals surface area contributed by atoms with Gasteiger partial charge < -0.3 is 4.84 Å². The molecule has 2 N–H and O–H groups in total. The fourth-order valence-electron chi connectivity index (χ4n) is 2.16. The van der Waals surface area contributed by atoms with Crippen LogP contribution in [0.4, 0.5) is 0 Å². The maximum atomic E-state index is 11.3. The van der Waals surface area contributed by atoms with E-state index in [1.807, 2.05) is 20.8 Å². The van der Waals surface area contributed by atoms with E-state index in [1.165, 1.54) is 5.57 Å². The van der Waals surface area contributed by atoms with Crippen molar-refractivity contribution in [2.24, 2.45) is 5.92 Å². The van der Waals surface area contributed by atoms with E-state index in [2.05, 4.69) is 5.48 Å². The third kappa shape index (κ3) is 4.06. The zero-order chi connectivity index (χ0) is 13.1. The highest BCUT2D eigenvalue weighted by Crippen LogP contribution is 2.32. The van der Waals surface area contributed by atoms with Crippen molar-refractivity contribution >= 4 is 10.1 Å². The molecule has 2 atom stereocenters. The molecule has 0 radical (unpaired) electrons. The SMILES string of the molecule is CCONCC1CC(C)=C(C)CC1S(=O)(=O)O. The molecule has 1 rings (SSSR count). The zero-order valence-electron chi connectivity index (χ0n) is 10.6. The molecule has 0 saturated carbocycles. The lowest BCUT2D eigenvalue weighted by molar-refractivity contribution is 0.0403. The molecular formula is C11H21NO4S. The van der Waals surface area contributed by atoms with Crippen molar-refractivity contribution in [1.82, 2.24) is 5.48 Å². The Morgan fingerprint density at radius 1 is 1.35 bits per heavy atom. The van der Waals surface area contributed by atoms with Crippen LogP contribution in [0.5, 0.6) is 0 Å². The van der Waals surface area contributed by atoms with Crippen LogP contribution in [-0.4, -0.2) is 31.4 Å². The Kier molecular flexibility index (Phi) is 5.12. The number of hydrogen-bond donors (Lipinski definition) is 2. The van der Waals surface area contributed by atoms with Gasteiger partial charge >= 0.3 is 0 Å². The minimum Gasteiger partial charge on any atom is -0.302 e. The molecule has 100 valence electrons. The third-order valence-corrected chi connectivity index (χ3v) is 4.62. The molecule has 0 aromatic rings. The highest BCUT2D eigenvalue weighted by atomic mass is 32.2. The van der Waals surface area contributed by atoms with E-state index < -0.39 is 15.4 Å². The standard InChI is InChI=1S/C11H21NO4S/c1-4-16-12-7-10-5-8(2)9(3)6-11(10)17(13,14)15/h10-12H,4-7H2,1-3H3,(H,13,14,15). The molecule has 0 spiro atoms. The van der Waals surface area contributed by atoms with Gasteiger partial charge in [-0.15, -0.1) is 0 Å². The number of nitrogens with one attached hydrogen (secondary N) is 1. The van der Waals surface area contributed by atoms with E-state index in [0.29, 0.717) is 26.0 Å². The molecule has 0 amide bonds. The molecule has 1 aliphatic rings. The van der Waals surface area contributed by atoms with E-state index in [1.54, 1.807) is 0 Å². The van der Waals surface area contributed by atoms with E-state index in [0.717, 1.165) is 5.57 Å². The molecule has 0 bridgehead atoms. The molecule has 17 heavy (non-hydrogen) atoms. The molecule has 0 heterocycles. The van der Waals surface area contributed by atoms with Gasteiger partial charge in [0.1, 0.15) is 0 Å². The minimum atomic E-state index is -4.00. The predicted molar refractivity (Wildman–Crippen MR) is 66.1 cm³/mol. The Labute approximate surface area is 103 Å². The van der Waals surface area contributed by atoms with Crippen LogP contribution in [0.3, 0.4) is 0 Å². The van der Waals surface area contributed by atoms with E-state index in [9.17, 15) is 13.0 Å². The molecular weight excluding hydrogens is 242 g/mol. The normalized spacial score (nSPS) is 26.4. The van der Waals surface area contributed by atoms with Crippen LogP contribution < -0.4 is 5.48 Å². The van der Waals surface area contributed by atoms with Crippen molar-refractivity contribution in [1.29, 1.82) is 0 Å². The van der Waals surface area contributed by atoms with Crippen molar-refractivity contribution in [3.05, 3.63) is 11.1 Å². The summed E-state index contributed by atoms with van der Waals surface area (Å²) in [7, 11) is -4.00. The summed E-state index contributed by atoms with van der Waals surface area (Å²) in [4.78, 5) is 5.02. The summed E-state index contributed by atoms with van der Waals surface area (Å²) in [5.41, 5.74) is 5.00. The fourth-order valence-corrected chi connectivity index (χ4v) is 3.30. The highest BCUT2D eigenvalue weighted by molar-refractivity contribution is 7.86. The van der Waals surface area contributed by atoms with Gasteiger partial charge in [-0.2, -0.15) is 8.42 Å². The van der Waals surface area contributed by atoms with Gasteiger partial charge in [-0.1, -0.05) is 11.1 Å². The first-order valence-electron chi connectivity index (χ1n) is 5.82. The lowest BCUT2D eigenvalue weighted by Gasteiger charge is -2.30. The summed E-state index contributed by atoms with van der Waals surface area (Å²) in [6.45, 7) is 6.73. The lowest BCUT2D eigenvalue weighted by atomic mass is 9.85. The average Bonchev–Trinajstić information content (AvgIpc) is 2.21. The lowest BCUT2D eigenvalue weighted by Crippen LogP contribution is -2.39. The Hall–Kier alpha value is -0.430. The molecule has 2 unspecified atom stereocenters. The van der Waals surface area contributed by atoms with Crippen molar-refractivity contribution in [2.45, 2.75) is 38.9 Å². The first kappa shape index (κ1) is 14.6. The summed E-state index contributed by atoms with van der Waals surface area (Å²) in [6, 6.07) is 0. The molecule has 6 heteroatoms. The third-order valence-electron chi connectivity index (χ3n) is 3.30. The Balaban J connectivity index is 2.77. The first-order chi connectivity index (χ1) is 7.86. The van der Waals surface area contributed by atoms with Crippen LogP contribution in [0.2, 0.25) is 0 Å². The van der Waals surface area contributed by atoms with Crippen molar-refractivity contribution in [2.75, 3.05) is 13.2 Å². The van der Waals surface area contributed by atoms with Crippen LogP contribution in [0.25, 0.3) is 0 Å². The molecule has 0 saturated heterocycles. The average molecular weight is 263 g/mol. The van der Waals surface area contributed by atoms with Gasteiger partial charge in [0.15, 0.2) is 0 Å². The van der Waals surface area contributed by atoms with Crippen LogP contribution in [-0.2, 0) is 15.0 Å². The Bertz CT molecular complexity index is 388. The van der Waals surface area contributed by atoms with Crippen molar-refractivity contribution < 1.29 is 17.8 Å². The van der Waals surface area contributed by atoms with Crippen LogP contribution in [0.1, 0.15) is 33.6 Å². The Morgan fingerprint density at radius 3 is 2.47 bits per heavy atom. The topological polar surface area (TPSA) is 75.6 Å². The number of rotatable bonds is 5. The number of allylic oxidation sites excluding steroid dienone is 2. The maximum absolute atomic E-state index is 11.3. The highest BCUT2D eigenvalue weighted by Gasteiger charge is 2.35. The summed E-state index contributed by atoms with van der Waals surface area (Å²) < 4.78 is 31.9. The molecule has 0 aliphatic heterocycles. The van der Waals surface area contributed by atoms with Crippen molar-refractivity contribution in [3.63, 3.8) is 0 Å². The summed E-state index contributed by atoms with van der Waals surface area (Å²) in [5, 5.41) is -0.723. The quantitative estimate of drug-likeness (QED) is 0.340. The maximum Gasteiger partial charge on any atom is 0.268 e. The van der Waals surface area contributed by atoms with Crippen molar-refractivity contribution in [3.8, 4) is 0 Å². The second-order valence-corrected chi connectivity index (χ2v) is 6.20. The number of hydrogen-bond acceptors (Lipinski definition) is 4. The molecule has 1 aliphatic carbocycles. The number of hydroxylamine groups is 1. The summed E-state index contributed by atoms with van der Waals surface area (Å²) in [5.74, 6) is -0.139. The second kappa shape index (κ2) is 5.95. The monoisotopic (exact) mass is 263 g/mol. The van der Waals surface area contributed by atoms with Gasteiger partial charge in [-0.3, -0.25) is 4.55 Å². The first-order valence-corrected chi connectivity index (χ1v) is 7.32.